The molecule has 7 nitrogen and oxygen atoms in total. The minimum Gasteiger partial charge on any atom is -0.492 e. The third-order valence-electron chi connectivity index (χ3n) is 8.27. The highest BCUT2D eigenvalue weighted by molar-refractivity contribution is 5.76. The van der Waals surface area contributed by atoms with Crippen molar-refractivity contribution in [2.75, 3.05) is 32.8 Å². The minimum absolute atomic E-state index is 0.234. The Morgan fingerprint density at radius 3 is 2.61 bits per heavy atom. The molecule has 0 N–H and O–H groups in total. The normalized spacial score (nSPS) is 18.7. The van der Waals surface area contributed by atoms with Gasteiger partial charge in [0.15, 0.2) is 0 Å². The molecule has 0 bridgehead atoms. The van der Waals surface area contributed by atoms with Crippen LogP contribution in [0.5, 0.6) is 5.75 Å². The number of rotatable bonds is 6. The standard InChI is InChI=1S/C31H41N5O2/c37-30(10-5-19-36-20-6-16-33-36)35-21-14-31(15-22-35)13-4-3-8-28-7-1-2-9-29(28)38-24-23-34(26-31)25-27-11-17-32-18-12-27/h1-2,6-7,9,11-12,16-18,20H,3-5,8,10,13-15,19,21-26H2. The number of ether oxygens (including phenoxy) is 1. The smallest absolute Gasteiger partial charge is 0.222 e. The Bertz CT molecular complexity index is 1130. The summed E-state index contributed by atoms with van der Waals surface area (Å²) >= 11 is 0. The fraction of sp³-hybridized carbons (Fsp3) is 0.516. The van der Waals surface area contributed by atoms with E-state index in [1.807, 2.05) is 29.3 Å². The summed E-state index contributed by atoms with van der Waals surface area (Å²) in [5.41, 5.74) is 2.84. The Morgan fingerprint density at radius 1 is 0.947 bits per heavy atom. The van der Waals surface area contributed by atoms with Crippen LogP contribution in [0.2, 0.25) is 0 Å². The number of aryl methyl sites for hydroxylation is 2. The van der Waals surface area contributed by atoms with Crippen LogP contribution in [0.25, 0.3) is 0 Å². The van der Waals surface area contributed by atoms with Gasteiger partial charge in [-0.2, -0.15) is 5.10 Å². The second kappa shape index (κ2) is 13.1. The van der Waals surface area contributed by atoms with Gasteiger partial charge in [-0.3, -0.25) is 19.4 Å². The topological polar surface area (TPSA) is 63.5 Å². The van der Waals surface area contributed by atoms with Gasteiger partial charge in [0.25, 0.3) is 0 Å². The first-order valence-corrected chi connectivity index (χ1v) is 14.3. The molecule has 0 saturated carbocycles. The number of benzene rings is 1. The fourth-order valence-corrected chi connectivity index (χ4v) is 6.09. The minimum atomic E-state index is 0.234. The highest BCUT2D eigenvalue weighted by Crippen LogP contribution is 2.39. The van der Waals surface area contributed by atoms with Gasteiger partial charge < -0.3 is 9.64 Å². The molecule has 4 heterocycles. The lowest BCUT2D eigenvalue weighted by molar-refractivity contribution is -0.134. The first-order valence-electron chi connectivity index (χ1n) is 14.3. The van der Waals surface area contributed by atoms with E-state index in [4.69, 9.17) is 4.74 Å². The fourth-order valence-electron chi connectivity index (χ4n) is 6.09. The number of pyridine rings is 1. The Labute approximate surface area is 226 Å². The monoisotopic (exact) mass is 515 g/mol. The predicted molar refractivity (Wildman–Crippen MR) is 149 cm³/mol. The molecule has 1 spiro atoms. The number of likely N-dealkylation sites (tertiary alicyclic amines) is 1. The number of nitrogens with zero attached hydrogens (tertiary/aromatic N) is 5. The molecule has 0 atom stereocenters. The van der Waals surface area contributed by atoms with E-state index in [9.17, 15) is 4.79 Å². The van der Waals surface area contributed by atoms with Crippen LogP contribution in [0.4, 0.5) is 0 Å². The molecule has 0 radical (unpaired) electrons. The summed E-state index contributed by atoms with van der Waals surface area (Å²) in [7, 11) is 0. The quantitative estimate of drug-likeness (QED) is 0.464. The lowest BCUT2D eigenvalue weighted by atomic mass is 9.73. The van der Waals surface area contributed by atoms with E-state index in [1.165, 1.54) is 30.4 Å². The van der Waals surface area contributed by atoms with E-state index >= 15 is 0 Å². The Balaban J connectivity index is 1.24. The number of para-hydroxylation sites is 1. The second-order valence-electron chi connectivity index (χ2n) is 11.0. The number of carbonyl (C=O) groups excluding carboxylic acids is 1. The van der Waals surface area contributed by atoms with Crippen LogP contribution in [0.15, 0.2) is 67.3 Å². The molecule has 0 unspecified atom stereocenters. The van der Waals surface area contributed by atoms with Crippen LogP contribution in [0.1, 0.15) is 56.1 Å². The van der Waals surface area contributed by atoms with Crippen LogP contribution in [0, 0.1) is 5.41 Å². The van der Waals surface area contributed by atoms with Crippen molar-refractivity contribution < 1.29 is 9.53 Å². The number of carbonyl (C=O) groups is 1. The van der Waals surface area contributed by atoms with Crippen LogP contribution in [0.3, 0.4) is 0 Å². The van der Waals surface area contributed by atoms with E-state index in [2.05, 4.69) is 56.3 Å². The van der Waals surface area contributed by atoms with Gasteiger partial charge in [-0.05, 0) is 79.3 Å². The van der Waals surface area contributed by atoms with E-state index in [0.29, 0.717) is 18.9 Å². The number of amides is 1. The van der Waals surface area contributed by atoms with Gasteiger partial charge in [0.05, 0.1) is 0 Å². The lowest BCUT2D eigenvalue weighted by Gasteiger charge is -2.45. The van der Waals surface area contributed by atoms with Crippen LogP contribution in [-0.4, -0.2) is 63.3 Å². The van der Waals surface area contributed by atoms with Crippen molar-refractivity contribution in [3.63, 3.8) is 0 Å². The van der Waals surface area contributed by atoms with Crippen molar-refractivity contribution in [2.45, 2.75) is 64.5 Å². The van der Waals surface area contributed by atoms with Gasteiger partial charge in [-0.15, -0.1) is 0 Å². The molecule has 1 amide bonds. The maximum absolute atomic E-state index is 13.0. The number of hydrogen-bond acceptors (Lipinski definition) is 5. The number of aromatic nitrogens is 3. The lowest BCUT2D eigenvalue weighted by Crippen LogP contribution is -2.48. The van der Waals surface area contributed by atoms with Crippen molar-refractivity contribution in [3.8, 4) is 5.75 Å². The van der Waals surface area contributed by atoms with Gasteiger partial charge in [0.1, 0.15) is 12.4 Å². The molecule has 38 heavy (non-hydrogen) atoms. The van der Waals surface area contributed by atoms with Crippen LogP contribution >= 0.6 is 0 Å². The average molecular weight is 516 g/mol. The molecule has 2 aromatic heterocycles. The Morgan fingerprint density at radius 2 is 1.79 bits per heavy atom. The molecular formula is C31H41N5O2. The molecule has 2 aliphatic rings. The molecule has 1 aromatic carbocycles. The van der Waals surface area contributed by atoms with E-state index in [0.717, 1.165) is 70.7 Å². The Kier molecular flexibility index (Phi) is 9.07. The summed E-state index contributed by atoms with van der Waals surface area (Å²) < 4.78 is 8.21. The first kappa shape index (κ1) is 26.4. The third kappa shape index (κ3) is 7.22. The van der Waals surface area contributed by atoms with E-state index in [1.54, 1.807) is 6.20 Å². The maximum atomic E-state index is 13.0. The number of piperidine rings is 1. The van der Waals surface area contributed by atoms with Crippen molar-refractivity contribution >= 4 is 5.91 Å². The summed E-state index contributed by atoms with van der Waals surface area (Å²) in [6.07, 6.45) is 15.7. The van der Waals surface area contributed by atoms with Gasteiger partial charge in [-0.25, -0.2) is 0 Å². The number of hydrogen-bond donors (Lipinski definition) is 0. The van der Waals surface area contributed by atoms with Crippen molar-refractivity contribution in [1.29, 1.82) is 0 Å². The van der Waals surface area contributed by atoms with Crippen molar-refractivity contribution in [2.24, 2.45) is 5.41 Å². The van der Waals surface area contributed by atoms with Crippen LogP contribution < -0.4 is 4.74 Å². The molecule has 1 fully saturated rings. The third-order valence-corrected chi connectivity index (χ3v) is 8.27. The predicted octanol–water partition coefficient (Wildman–Crippen LogP) is 4.97. The summed E-state index contributed by atoms with van der Waals surface area (Å²) in [6.45, 7) is 6.03. The summed E-state index contributed by atoms with van der Waals surface area (Å²) in [4.78, 5) is 21.9. The molecule has 202 valence electrons. The highest BCUT2D eigenvalue weighted by Gasteiger charge is 2.37. The second-order valence-corrected chi connectivity index (χ2v) is 11.0. The molecule has 2 aliphatic heterocycles. The number of fused-ring (bicyclic) bond motifs is 1. The van der Waals surface area contributed by atoms with Gasteiger partial charge in [-0.1, -0.05) is 24.6 Å². The summed E-state index contributed by atoms with van der Waals surface area (Å²) in [6, 6.07) is 14.7. The highest BCUT2D eigenvalue weighted by atomic mass is 16.5. The molecule has 5 rings (SSSR count). The molecule has 0 aliphatic carbocycles. The molecular weight excluding hydrogens is 474 g/mol. The first-order chi connectivity index (χ1) is 18.7. The molecule has 1 saturated heterocycles. The SMILES string of the molecule is O=C(CCCn1cccn1)N1CCC2(CCCCc3ccccc3OCCN(Cc3ccncc3)C2)CC1. The molecule has 7 heteroatoms. The Hall–Kier alpha value is -3.19. The zero-order chi connectivity index (χ0) is 26.0. The zero-order valence-corrected chi connectivity index (χ0v) is 22.5. The van der Waals surface area contributed by atoms with Crippen LogP contribution in [-0.2, 0) is 24.3 Å². The van der Waals surface area contributed by atoms with E-state index in [-0.39, 0.29) is 5.41 Å². The van der Waals surface area contributed by atoms with Crippen molar-refractivity contribution in [3.05, 3.63) is 78.4 Å². The maximum Gasteiger partial charge on any atom is 0.222 e. The van der Waals surface area contributed by atoms with E-state index < -0.39 is 0 Å². The summed E-state index contributed by atoms with van der Waals surface area (Å²) in [5, 5.41) is 4.25. The largest absolute Gasteiger partial charge is 0.492 e. The average Bonchev–Trinajstić information content (AvgIpc) is 3.46. The summed E-state index contributed by atoms with van der Waals surface area (Å²) in [5.74, 6) is 1.32. The van der Waals surface area contributed by atoms with Gasteiger partial charge in [0, 0.05) is 70.5 Å². The van der Waals surface area contributed by atoms with Gasteiger partial charge in [0.2, 0.25) is 5.91 Å². The zero-order valence-electron chi connectivity index (χ0n) is 22.5. The molecule has 3 aromatic rings. The van der Waals surface area contributed by atoms with Crippen molar-refractivity contribution in [1.82, 2.24) is 24.6 Å². The van der Waals surface area contributed by atoms with Gasteiger partial charge >= 0.3 is 0 Å².